The number of aromatic hydroxyl groups is 1. The number of nitrogens with two attached hydrogens (primary N) is 1. The Balaban J connectivity index is 2.25. The number of carboxylic acid groups (broad SMARTS) is 1. The number of benzene rings is 1. The van der Waals surface area contributed by atoms with Crippen LogP contribution in [0.25, 0.3) is 0 Å². The third-order valence-electron chi connectivity index (χ3n) is 3.05. The third kappa shape index (κ3) is 2.02. The van der Waals surface area contributed by atoms with Gasteiger partial charge in [0.05, 0.1) is 0 Å². The standard InChI is InChI=1S/C12H15NO3/c13-10(12(15)16)5-9-4-7-2-1-3-8(7)6-11(9)14/h4,6,10,14H,1-3,5,13H2,(H,15,16). The summed E-state index contributed by atoms with van der Waals surface area (Å²) in [6.45, 7) is 0. The highest BCUT2D eigenvalue weighted by atomic mass is 16.4. The normalized spacial score (nSPS) is 15.8. The molecule has 0 aromatic heterocycles. The highest BCUT2D eigenvalue weighted by Crippen LogP contribution is 2.29. The summed E-state index contributed by atoms with van der Waals surface area (Å²) in [5.74, 6) is -0.878. The smallest absolute Gasteiger partial charge is 0.320 e. The molecule has 0 heterocycles. The van der Waals surface area contributed by atoms with Crippen LogP contribution in [-0.4, -0.2) is 22.2 Å². The predicted molar refractivity (Wildman–Crippen MR) is 59.4 cm³/mol. The van der Waals surface area contributed by atoms with Gasteiger partial charge in [0.25, 0.3) is 0 Å². The molecule has 1 unspecified atom stereocenters. The van der Waals surface area contributed by atoms with Gasteiger partial charge in [-0.1, -0.05) is 6.07 Å². The molecule has 1 atom stereocenters. The molecule has 1 aromatic carbocycles. The maximum Gasteiger partial charge on any atom is 0.320 e. The van der Waals surface area contributed by atoms with Crippen molar-refractivity contribution in [1.82, 2.24) is 0 Å². The number of phenols is 1. The average Bonchev–Trinajstić information content (AvgIpc) is 2.65. The Morgan fingerprint density at radius 2 is 2.00 bits per heavy atom. The van der Waals surface area contributed by atoms with E-state index < -0.39 is 12.0 Å². The van der Waals surface area contributed by atoms with Gasteiger partial charge < -0.3 is 15.9 Å². The number of fused-ring (bicyclic) bond motifs is 1. The van der Waals surface area contributed by atoms with Crippen molar-refractivity contribution in [3.8, 4) is 5.75 Å². The van der Waals surface area contributed by atoms with Crippen molar-refractivity contribution in [2.75, 3.05) is 0 Å². The zero-order chi connectivity index (χ0) is 11.7. The number of phenolic OH excluding ortho intramolecular Hbond substituents is 1. The minimum atomic E-state index is -1.04. The first-order valence-corrected chi connectivity index (χ1v) is 5.40. The quantitative estimate of drug-likeness (QED) is 0.706. The molecule has 0 amide bonds. The summed E-state index contributed by atoms with van der Waals surface area (Å²) in [5.41, 5.74) is 8.47. The van der Waals surface area contributed by atoms with Crippen LogP contribution in [0.15, 0.2) is 12.1 Å². The molecule has 4 N–H and O–H groups in total. The minimum Gasteiger partial charge on any atom is -0.508 e. The maximum absolute atomic E-state index is 10.6. The van der Waals surface area contributed by atoms with Gasteiger partial charge in [0.1, 0.15) is 11.8 Å². The molecule has 0 spiro atoms. The van der Waals surface area contributed by atoms with Crippen LogP contribution in [-0.2, 0) is 24.1 Å². The molecule has 1 aromatic rings. The van der Waals surface area contributed by atoms with Crippen molar-refractivity contribution >= 4 is 5.97 Å². The van der Waals surface area contributed by atoms with E-state index >= 15 is 0 Å². The first kappa shape index (κ1) is 11.0. The molecule has 4 nitrogen and oxygen atoms in total. The second-order valence-electron chi connectivity index (χ2n) is 4.25. The van der Waals surface area contributed by atoms with Crippen molar-refractivity contribution in [2.45, 2.75) is 31.7 Å². The lowest BCUT2D eigenvalue weighted by atomic mass is 10.00. The Morgan fingerprint density at radius 3 is 2.62 bits per heavy atom. The summed E-state index contributed by atoms with van der Waals surface area (Å²) >= 11 is 0. The fourth-order valence-corrected chi connectivity index (χ4v) is 2.15. The van der Waals surface area contributed by atoms with Crippen molar-refractivity contribution in [2.24, 2.45) is 5.73 Å². The Morgan fingerprint density at radius 1 is 1.38 bits per heavy atom. The average molecular weight is 221 g/mol. The molecule has 0 aliphatic heterocycles. The third-order valence-corrected chi connectivity index (χ3v) is 3.05. The van der Waals surface area contributed by atoms with Gasteiger partial charge in [-0.15, -0.1) is 0 Å². The van der Waals surface area contributed by atoms with Crippen molar-refractivity contribution in [3.05, 3.63) is 28.8 Å². The SMILES string of the molecule is NC(Cc1cc2c(cc1O)CCC2)C(=O)O. The van der Waals surface area contributed by atoms with Crippen LogP contribution >= 0.6 is 0 Å². The van der Waals surface area contributed by atoms with Crippen LogP contribution < -0.4 is 5.73 Å². The molecule has 4 heteroatoms. The van der Waals surface area contributed by atoms with Crippen LogP contribution in [0.5, 0.6) is 5.75 Å². The van der Waals surface area contributed by atoms with Gasteiger partial charge in [-0.2, -0.15) is 0 Å². The van der Waals surface area contributed by atoms with Gasteiger partial charge in [0.2, 0.25) is 0 Å². The number of hydrogen-bond acceptors (Lipinski definition) is 3. The van der Waals surface area contributed by atoms with E-state index in [4.69, 9.17) is 10.8 Å². The van der Waals surface area contributed by atoms with E-state index in [9.17, 15) is 9.90 Å². The number of hydrogen-bond donors (Lipinski definition) is 3. The zero-order valence-electron chi connectivity index (χ0n) is 8.94. The molecular formula is C12H15NO3. The minimum absolute atomic E-state index is 0.164. The Bertz CT molecular complexity index is 429. The van der Waals surface area contributed by atoms with Crippen molar-refractivity contribution in [3.63, 3.8) is 0 Å². The first-order valence-electron chi connectivity index (χ1n) is 5.40. The predicted octanol–water partition coefficient (Wildman–Crippen LogP) is 0.835. The van der Waals surface area contributed by atoms with E-state index in [1.165, 1.54) is 11.1 Å². The zero-order valence-corrected chi connectivity index (χ0v) is 8.94. The number of aliphatic carboxylic acids is 1. The van der Waals surface area contributed by atoms with Gasteiger partial charge >= 0.3 is 5.97 Å². The number of aryl methyl sites for hydroxylation is 2. The monoisotopic (exact) mass is 221 g/mol. The summed E-state index contributed by atoms with van der Waals surface area (Å²) in [6, 6.07) is 2.68. The van der Waals surface area contributed by atoms with E-state index in [1.807, 2.05) is 6.07 Å². The maximum atomic E-state index is 10.6. The lowest BCUT2D eigenvalue weighted by Crippen LogP contribution is -2.32. The lowest BCUT2D eigenvalue weighted by molar-refractivity contribution is -0.138. The highest BCUT2D eigenvalue weighted by molar-refractivity contribution is 5.73. The fourth-order valence-electron chi connectivity index (χ4n) is 2.15. The molecule has 1 aliphatic carbocycles. The highest BCUT2D eigenvalue weighted by Gasteiger charge is 2.18. The van der Waals surface area contributed by atoms with E-state index in [2.05, 4.69) is 0 Å². The molecule has 0 saturated carbocycles. The Labute approximate surface area is 93.7 Å². The van der Waals surface area contributed by atoms with Gasteiger partial charge in [0, 0.05) is 6.42 Å². The number of rotatable bonds is 3. The molecule has 0 bridgehead atoms. The molecule has 86 valence electrons. The molecule has 0 saturated heterocycles. The van der Waals surface area contributed by atoms with Crippen LogP contribution in [0.2, 0.25) is 0 Å². The molecule has 1 aliphatic rings. The van der Waals surface area contributed by atoms with Crippen molar-refractivity contribution < 1.29 is 15.0 Å². The van der Waals surface area contributed by atoms with E-state index in [-0.39, 0.29) is 12.2 Å². The molecule has 2 rings (SSSR count). The largest absolute Gasteiger partial charge is 0.508 e. The van der Waals surface area contributed by atoms with Gasteiger partial charge in [-0.3, -0.25) is 4.79 Å². The summed E-state index contributed by atoms with van der Waals surface area (Å²) < 4.78 is 0. The fraction of sp³-hybridized carbons (Fsp3) is 0.417. The Hall–Kier alpha value is -1.55. The first-order chi connectivity index (χ1) is 7.58. The summed E-state index contributed by atoms with van der Waals surface area (Å²) in [6.07, 6.45) is 3.27. The second-order valence-corrected chi connectivity index (χ2v) is 4.25. The summed E-state index contributed by atoms with van der Waals surface area (Å²) in [4.78, 5) is 10.6. The second kappa shape index (κ2) is 4.14. The van der Waals surface area contributed by atoms with E-state index in [1.54, 1.807) is 6.07 Å². The van der Waals surface area contributed by atoms with Crippen molar-refractivity contribution in [1.29, 1.82) is 0 Å². The van der Waals surface area contributed by atoms with Crippen LogP contribution in [0, 0.1) is 0 Å². The van der Waals surface area contributed by atoms with E-state index in [0.29, 0.717) is 5.56 Å². The van der Waals surface area contributed by atoms with Crippen LogP contribution in [0.3, 0.4) is 0 Å². The van der Waals surface area contributed by atoms with Gasteiger partial charge in [0.15, 0.2) is 0 Å². The molecule has 0 radical (unpaired) electrons. The lowest BCUT2D eigenvalue weighted by Gasteiger charge is -2.10. The van der Waals surface area contributed by atoms with Crippen LogP contribution in [0.1, 0.15) is 23.1 Å². The van der Waals surface area contributed by atoms with Gasteiger partial charge in [-0.25, -0.2) is 0 Å². The van der Waals surface area contributed by atoms with Gasteiger partial charge in [-0.05, 0) is 42.0 Å². The molecular weight excluding hydrogens is 206 g/mol. The summed E-state index contributed by atoms with van der Waals surface area (Å²) in [7, 11) is 0. The Kier molecular flexibility index (Phi) is 2.83. The number of carbonyl (C=O) groups is 1. The number of carboxylic acids is 1. The molecule has 16 heavy (non-hydrogen) atoms. The summed E-state index contributed by atoms with van der Waals surface area (Å²) in [5, 5.41) is 18.5. The molecule has 0 fully saturated rings. The topological polar surface area (TPSA) is 83.5 Å². The van der Waals surface area contributed by atoms with Crippen LogP contribution in [0.4, 0.5) is 0 Å². The van der Waals surface area contributed by atoms with E-state index in [0.717, 1.165) is 19.3 Å².